The van der Waals surface area contributed by atoms with E-state index in [0.29, 0.717) is 10.9 Å². The summed E-state index contributed by atoms with van der Waals surface area (Å²) in [5.41, 5.74) is 2.34. The van der Waals surface area contributed by atoms with Crippen molar-refractivity contribution in [2.75, 3.05) is 7.11 Å². The molecule has 0 spiro atoms. The van der Waals surface area contributed by atoms with Crippen molar-refractivity contribution in [1.29, 1.82) is 0 Å². The van der Waals surface area contributed by atoms with Gasteiger partial charge in [0, 0.05) is 10.9 Å². The molecule has 0 aliphatic carbocycles. The van der Waals surface area contributed by atoms with Gasteiger partial charge in [-0.05, 0) is 24.1 Å². The lowest BCUT2D eigenvalue weighted by atomic mass is 10.0. The Morgan fingerprint density at radius 1 is 1.56 bits per heavy atom. The van der Waals surface area contributed by atoms with Crippen molar-refractivity contribution in [1.82, 2.24) is 0 Å². The minimum Gasteiger partial charge on any atom is -0.476 e. The van der Waals surface area contributed by atoms with Crippen LogP contribution in [0.1, 0.15) is 16.7 Å². The molecule has 4 nitrogen and oxygen atoms in total. The van der Waals surface area contributed by atoms with Crippen LogP contribution in [-0.4, -0.2) is 23.9 Å². The highest BCUT2D eigenvalue weighted by Crippen LogP contribution is 2.15. The standard InChI is InChI=1S/C11H12BrNO3/c1-7-3-4-8(6-12)5-9(7)10(11(14)15)13-16-2/h3-5H,6H2,1-2H3,(H,14,15)/b13-10-. The summed E-state index contributed by atoms with van der Waals surface area (Å²) in [6.45, 7) is 1.83. The van der Waals surface area contributed by atoms with Crippen LogP contribution in [0.3, 0.4) is 0 Å². The van der Waals surface area contributed by atoms with Gasteiger partial charge in [-0.15, -0.1) is 0 Å². The second-order valence-electron chi connectivity index (χ2n) is 3.21. The molecule has 0 fully saturated rings. The molecule has 86 valence electrons. The topological polar surface area (TPSA) is 58.9 Å². The Morgan fingerprint density at radius 2 is 2.25 bits per heavy atom. The fourth-order valence-electron chi connectivity index (χ4n) is 1.30. The Kier molecular flexibility index (Phi) is 4.49. The smallest absolute Gasteiger partial charge is 0.358 e. The molecule has 0 aliphatic rings. The van der Waals surface area contributed by atoms with E-state index in [1.165, 1.54) is 7.11 Å². The molecule has 1 N–H and O–H groups in total. The highest BCUT2D eigenvalue weighted by Gasteiger charge is 2.16. The molecular weight excluding hydrogens is 274 g/mol. The van der Waals surface area contributed by atoms with Gasteiger partial charge in [-0.25, -0.2) is 4.79 Å². The third-order valence-corrected chi connectivity index (χ3v) is 2.74. The summed E-state index contributed by atoms with van der Waals surface area (Å²) < 4.78 is 0. The van der Waals surface area contributed by atoms with E-state index in [1.807, 2.05) is 19.1 Å². The Hall–Kier alpha value is -1.36. The summed E-state index contributed by atoms with van der Waals surface area (Å²) in [7, 11) is 1.33. The molecule has 0 heterocycles. The average Bonchev–Trinajstić information content (AvgIpc) is 2.27. The summed E-state index contributed by atoms with van der Waals surface area (Å²) in [5, 5.41) is 13.2. The van der Waals surface area contributed by atoms with Crippen LogP contribution >= 0.6 is 15.9 Å². The minimum atomic E-state index is -1.10. The summed E-state index contributed by atoms with van der Waals surface area (Å²) >= 11 is 3.32. The predicted octanol–water partition coefficient (Wildman–Crippen LogP) is 2.33. The second-order valence-corrected chi connectivity index (χ2v) is 3.77. The van der Waals surface area contributed by atoms with E-state index in [2.05, 4.69) is 25.9 Å². The van der Waals surface area contributed by atoms with E-state index in [4.69, 9.17) is 5.11 Å². The molecule has 0 saturated carbocycles. The van der Waals surface area contributed by atoms with Gasteiger partial charge in [-0.3, -0.25) is 0 Å². The quantitative estimate of drug-likeness (QED) is 0.525. The number of carboxylic acids is 1. The van der Waals surface area contributed by atoms with Crippen molar-refractivity contribution in [2.45, 2.75) is 12.3 Å². The van der Waals surface area contributed by atoms with Crippen LogP contribution in [-0.2, 0) is 15.0 Å². The lowest BCUT2D eigenvalue weighted by molar-refractivity contribution is -0.129. The number of nitrogens with zero attached hydrogens (tertiary/aromatic N) is 1. The zero-order valence-corrected chi connectivity index (χ0v) is 10.6. The predicted molar refractivity (Wildman–Crippen MR) is 65.0 cm³/mol. The van der Waals surface area contributed by atoms with Crippen molar-refractivity contribution in [3.05, 3.63) is 34.9 Å². The van der Waals surface area contributed by atoms with Crippen LogP contribution < -0.4 is 0 Å². The Labute approximate surface area is 102 Å². The van der Waals surface area contributed by atoms with Gasteiger partial charge < -0.3 is 9.94 Å². The lowest BCUT2D eigenvalue weighted by Gasteiger charge is -2.06. The number of rotatable bonds is 4. The normalized spacial score (nSPS) is 11.3. The molecule has 1 aromatic rings. The van der Waals surface area contributed by atoms with Gasteiger partial charge in [0.25, 0.3) is 0 Å². The van der Waals surface area contributed by atoms with Crippen LogP contribution in [0.2, 0.25) is 0 Å². The molecule has 0 bridgehead atoms. The van der Waals surface area contributed by atoms with Gasteiger partial charge in [-0.1, -0.05) is 33.2 Å². The van der Waals surface area contributed by atoms with E-state index in [0.717, 1.165) is 11.1 Å². The molecule has 0 radical (unpaired) electrons. The van der Waals surface area contributed by atoms with Crippen LogP contribution in [0.15, 0.2) is 23.4 Å². The maximum absolute atomic E-state index is 11.0. The first-order valence-corrected chi connectivity index (χ1v) is 5.72. The van der Waals surface area contributed by atoms with Crippen LogP contribution in [0.4, 0.5) is 0 Å². The maximum atomic E-state index is 11.0. The number of hydrogen-bond acceptors (Lipinski definition) is 3. The molecule has 1 rings (SSSR count). The molecule has 0 saturated heterocycles. The van der Waals surface area contributed by atoms with Gasteiger partial charge in [0.05, 0.1) is 0 Å². The first-order valence-electron chi connectivity index (χ1n) is 4.60. The van der Waals surface area contributed by atoms with Crippen molar-refractivity contribution in [3.8, 4) is 0 Å². The van der Waals surface area contributed by atoms with E-state index < -0.39 is 5.97 Å². The van der Waals surface area contributed by atoms with Gasteiger partial charge in [0.2, 0.25) is 0 Å². The van der Waals surface area contributed by atoms with Crippen LogP contribution in [0.25, 0.3) is 0 Å². The van der Waals surface area contributed by atoms with E-state index >= 15 is 0 Å². The van der Waals surface area contributed by atoms with E-state index in [-0.39, 0.29) is 5.71 Å². The third kappa shape index (κ3) is 2.82. The fourth-order valence-corrected chi connectivity index (χ4v) is 1.65. The number of aliphatic carboxylic acids is 1. The molecule has 0 atom stereocenters. The summed E-state index contributed by atoms with van der Waals surface area (Å²) in [5.74, 6) is -1.10. The van der Waals surface area contributed by atoms with Crippen molar-refractivity contribution >= 4 is 27.6 Å². The molecule has 1 aromatic carbocycles. The summed E-state index contributed by atoms with van der Waals surface area (Å²) in [6, 6.07) is 5.58. The zero-order chi connectivity index (χ0) is 12.1. The van der Waals surface area contributed by atoms with Crippen molar-refractivity contribution < 1.29 is 14.7 Å². The Balaban J connectivity index is 3.28. The van der Waals surface area contributed by atoms with Crippen LogP contribution in [0, 0.1) is 6.92 Å². The van der Waals surface area contributed by atoms with Gasteiger partial charge >= 0.3 is 5.97 Å². The Bertz CT molecular complexity index is 429. The minimum absolute atomic E-state index is 0.0807. The monoisotopic (exact) mass is 285 g/mol. The molecule has 16 heavy (non-hydrogen) atoms. The fraction of sp³-hybridized carbons (Fsp3) is 0.273. The number of carboxylic acid groups (broad SMARTS) is 1. The Morgan fingerprint density at radius 3 is 2.75 bits per heavy atom. The van der Waals surface area contributed by atoms with Gasteiger partial charge in [-0.2, -0.15) is 0 Å². The second kappa shape index (κ2) is 5.65. The van der Waals surface area contributed by atoms with E-state index in [9.17, 15) is 4.79 Å². The zero-order valence-electron chi connectivity index (χ0n) is 9.03. The molecule has 0 aliphatic heterocycles. The lowest BCUT2D eigenvalue weighted by Crippen LogP contribution is -2.16. The van der Waals surface area contributed by atoms with Gasteiger partial charge in [0.1, 0.15) is 7.11 Å². The molecule has 0 amide bonds. The first kappa shape index (κ1) is 12.7. The van der Waals surface area contributed by atoms with Crippen molar-refractivity contribution in [2.24, 2.45) is 5.16 Å². The van der Waals surface area contributed by atoms with E-state index in [1.54, 1.807) is 6.07 Å². The average molecular weight is 286 g/mol. The number of benzene rings is 1. The first-order chi connectivity index (χ1) is 7.60. The molecular formula is C11H12BrNO3. The summed E-state index contributed by atoms with van der Waals surface area (Å²) in [6.07, 6.45) is 0. The molecule has 0 unspecified atom stereocenters. The third-order valence-electron chi connectivity index (χ3n) is 2.10. The highest BCUT2D eigenvalue weighted by molar-refractivity contribution is 9.08. The number of alkyl halides is 1. The van der Waals surface area contributed by atoms with Gasteiger partial charge in [0.15, 0.2) is 5.71 Å². The largest absolute Gasteiger partial charge is 0.476 e. The SMILES string of the molecule is CO/N=C(\C(=O)O)c1cc(CBr)ccc1C. The maximum Gasteiger partial charge on any atom is 0.358 e. The van der Waals surface area contributed by atoms with Crippen molar-refractivity contribution in [3.63, 3.8) is 0 Å². The number of aryl methyl sites for hydroxylation is 1. The molecule has 0 aromatic heterocycles. The van der Waals surface area contributed by atoms with Crippen LogP contribution in [0.5, 0.6) is 0 Å². The number of carbonyl (C=O) groups is 1. The summed E-state index contributed by atoms with van der Waals surface area (Å²) in [4.78, 5) is 15.6. The number of halogens is 1. The number of oxime groups is 1. The highest BCUT2D eigenvalue weighted by atomic mass is 79.9. The molecule has 5 heteroatoms. The number of hydrogen-bond donors (Lipinski definition) is 1.